The number of rotatable bonds is 4. The molecule has 0 bridgehead atoms. The van der Waals surface area contributed by atoms with Crippen molar-refractivity contribution in [1.29, 1.82) is 0 Å². The van der Waals surface area contributed by atoms with E-state index in [-0.39, 0.29) is 17.1 Å². The molecule has 1 aromatic heterocycles. The van der Waals surface area contributed by atoms with E-state index in [1.807, 2.05) is 0 Å². The minimum atomic E-state index is -3.36. The van der Waals surface area contributed by atoms with Gasteiger partial charge in [-0.05, 0) is 25.1 Å². The number of benzene rings is 1. The third-order valence-corrected chi connectivity index (χ3v) is 3.63. The molecule has 0 aliphatic heterocycles. The number of aromatic nitrogens is 1. The van der Waals surface area contributed by atoms with Crippen LogP contribution in [0.2, 0.25) is 0 Å². The van der Waals surface area contributed by atoms with Gasteiger partial charge in [0.1, 0.15) is 0 Å². The first kappa shape index (κ1) is 14.3. The SMILES string of the molecule is Cc1cc(COC(=O)c2cccc(S(C)(=O)=O)c2)on1. The Bertz CT molecular complexity index is 733. The van der Waals surface area contributed by atoms with Gasteiger partial charge in [-0.3, -0.25) is 0 Å². The highest BCUT2D eigenvalue weighted by atomic mass is 32.2. The zero-order valence-corrected chi connectivity index (χ0v) is 11.8. The average molecular weight is 295 g/mol. The van der Waals surface area contributed by atoms with E-state index in [1.165, 1.54) is 24.3 Å². The predicted octanol–water partition coefficient (Wildman–Crippen LogP) is 1.74. The van der Waals surface area contributed by atoms with E-state index in [9.17, 15) is 13.2 Å². The summed E-state index contributed by atoms with van der Waals surface area (Å²) in [6, 6.07) is 7.34. The lowest BCUT2D eigenvalue weighted by molar-refractivity contribution is 0.0437. The fourth-order valence-electron chi connectivity index (χ4n) is 1.56. The smallest absolute Gasteiger partial charge is 0.338 e. The number of ether oxygens (including phenoxy) is 1. The summed E-state index contributed by atoms with van der Waals surface area (Å²) in [4.78, 5) is 11.9. The van der Waals surface area contributed by atoms with Crippen LogP contribution >= 0.6 is 0 Å². The second-order valence-corrected chi connectivity index (χ2v) is 6.33. The normalized spacial score (nSPS) is 11.3. The Labute approximate surface area is 116 Å². The van der Waals surface area contributed by atoms with Crippen LogP contribution in [-0.4, -0.2) is 25.8 Å². The maximum absolute atomic E-state index is 11.8. The van der Waals surface area contributed by atoms with E-state index in [0.717, 1.165) is 6.26 Å². The molecule has 0 N–H and O–H groups in total. The highest BCUT2D eigenvalue weighted by molar-refractivity contribution is 7.90. The molecule has 1 aromatic carbocycles. The van der Waals surface area contributed by atoms with Crippen molar-refractivity contribution in [2.45, 2.75) is 18.4 Å². The summed E-state index contributed by atoms with van der Waals surface area (Å²) < 4.78 is 32.8. The molecule has 0 spiro atoms. The van der Waals surface area contributed by atoms with Crippen molar-refractivity contribution in [3.63, 3.8) is 0 Å². The number of nitrogens with zero attached hydrogens (tertiary/aromatic N) is 1. The van der Waals surface area contributed by atoms with Gasteiger partial charge in [-0.1, -0.05) is 11.2 Å². The van der Waals surface area contributed by atoms with Gasteiger partial charge in [0.25, 0.3) is 0 Å². The van der Waals surface area contributed by atoms with Gasteiger partial charge in [0, 0.05) is 12.3 Å². The zero-order chi connectivity index (χ0) is 14.8. The molecule has 0 saturated heterocycles. The first-order valence-corrected chi connectivity index (χ1v) is 7.65. The van der Waals surface area contributed by atoms with E-state index in [2.05, 4.69) is 5.16 Å². The Balaban J connectivity index is 2.10. The highest BCUT2D eigenvalue weighted by Gasteiger charge is 2.13. The summed E-state index contributed by atoms with van der Waals surface area (Å²) in [6.07, 6.45) is 1.08. The molecule has 0 atom stereocenters. The lowest BCUT2D eigenvalue weighted by Crippen LogP contribution is -2.06. The first-order chi connectivity index (χ1) is 9.36. The minimum Gasteiger partial charge on any atom is -0.454 e. The van der Waals surface area contributed by atoms with Crippen LogP contribution in [0.1, 0.15) is 21.8 Å². The average Bonchev–Trinajstić information content (AvgIpc) is 2.81. The van der Waals surface area contributed by atoms with Crippen LogP contribution < -0.4 is 0 Å². The number of carbonyl (C=O) groups excluding carboxylic acids is 1. The third-order valence-electron chi connectivity index (χ3n) is 2.52. The molecule has 2 aromatic rings. The summed E-state index contributed by atoms with van der Waals surface area (Å²) in [5.74, 6) is -0.195. The summed E-state index contributed by atoms with van der Waals surface area (Å²) >= 11 is 0. The number of esters is 1. The van der Waals surface area contributed by atoms with Crippen LogP contribution in [0.5, 0.6) is 0 Å². The van der Waals surface area contributed by atoms with E-state index in [1.54, 1.807) is 13.0 Å². The van der Waals surface area contributed by atoms with Gasteiger partial charge >= 0.3 is 5.97 Å². The maximum atomic E-state index is 11.8. The lowest BCUT2D eigenvalue weighted by Gasteiger charge is -2.04. The van der Waals surface area contributed by atoms with Crippen molar-refractivity contribution < 1.29 is 22.5 Å². The Morgan fingerprint density at radius 3 is 2.70 bits per heavy atom. The predicted molar refractivity (Wildman–Crippen MR) is 69.9 cm³/mol. The Hall–Kier alpha value is -2.15. The van der Waals surface area contributed by atoms with Crippen LogP contribution in [0.4, 0.5) is 0 Å². The highest BCUT2D eigenvalue weighted by Crippen LogP contribution is 2.13. The molecule has 0 fully saturated rings. The standard InChI is InChI=1S/C13H13NO5S/c1-9-6-11(19-14-9)8-18-13(15)10-4-3-5-12(7-10)20(2,16)17/h3-7H,8H2,1-2H3. The molecule has 0 amide bonds. The van der Waals surface area contributed by atoms with Gasteiger partial charge in [-0.15, -0.1) is 0 Å². The molecular weight excluding hydrogens is 282 g/mol. The summed E-state index contributed by atoms with van der Waals surface area (Å²) in [6.45, 7) is 1.70. The molecular formula is C13H13NO5S. The molecule has 2 rings (SSSR count). The number of sulfone groups is 1. The largest absolute Gasteiger partial charge is 0.454 e. The van der Waals surface area contributed by atoms with Crippen LogP contribution in [0.15, 0.2) is 39.8 Å². The fourth-order valence-corrected chi connectivity index (χ4v) is 2.22. The topological polar surface area (TPSA) is 86.5 Å². The lowest BCUT2D eigenvalue weighted by atomic mass is 10.2. The molecule has 1 heterocycles. The van der Waals surface area contributed by atoms with Crippen LogP contribution in [0, 0.1) is 6.92 Å². The van der Waals surface area contributed by atoms with Crippen LogP contribution in [-0.2, 0) is 21.2 Å². The second-order valence-electron chi connectivity index (χ2n) is 4.31. The van der Waals surface area contributed by atoms with E-state index < -0.39 is 15.8 Å². The summed E-state index contributed by atoms with van der Waals surface area (Å²) in [5, 5.41) is 3.67. The summed E-state index contributed by atoms with van der Waals surface area (Å²) in [5.41, 5.74) is 0.860. The van der Waals surface area contributed by atoms with Crippen LogP contribution in [0.3, 0.4) is 0 Å². The van der Waals surface area contributed by atoms with E-state index in [0.29, 0.717) is 11.5 Å². The van der Waals surface area contributed by atoms with Crippen LogP contribution in [0.25, 0.3) is 0 Å². The maximum Gasteiger partial charge on any atom is 0.338 e. The summed E-state index contributed by atoms with van der Waals surface area (Å²) in [7, 11) is -3.36. The molecule has 106 valence electrons. The van der Waals surface area contributed by atoms with Gasteiger partial charge in [0.2, 0.25) is 0 Å². The van der Waals surface area contributed by atoms with Crippen molar-refractivity contribution in [3.8, 4) is 0 Å². The molecule has 6 nitrogen and oxygen atoms in total. The van der Waals surface area contributed by atoms with Crippen molar-refractivity contribution in [1.82, 2.24) is 5.16 Å². The fraction of sp³-hybridized carbons (Fsp3) is 0.231. The first-order valence-electron chi connectivity index (χ1n) is 5.76. The minimum absolute atomic E-state index is 0.0528. The number of carbonyl (C=O) groups is 1. The second kappa shape index (κ2) is 5.46. The van der Waals surface area contributed by atoms with Gasteiger partial charge in [0.05, 0.1) is 16.2 Å². The van der Waals surface area contributed by atoms with Gasteiger partial charge in [0.15, 0.2) is 22.2 Å². The molecule has 0 radical (unpaired) electrons. The van der Waals surface area contributed by atoms with Gasteiger partial charge in [-0.25, -0.2) is 13.2 Å². The number of hydrogen-bond donors (Lipinski definition) is 0. The van der Waals surface area contributed by atoms with Gasteiger partial charge < -0.3 is 9.26 Å². The van der Waals surface area contributed by atoms with E-state index >= 15 is 0 Å². The number of aryl methyl sites for hydroxylation is 1. The molecule has 20 heavy (non-hydrogen) atoms. The molecule has 0 unspecified atom stereocenters. The monoisotopic (exact) mass is 295 g/mol. The zero-order valence-electron chi connectivity index (χ0n) is 11.0. The van der Waals surface area contributed by atoms with Gasteiger partial charge in [-0.2, -0.15) is 0 Å². The number of hydrogen-bond acceptors (Lipinski definition) is 6. The molecule has 7 heteroatoms. The van der Waals surface area contributed by atoms with Crippen molar-refractivity contribution in [2.24, 2.45) is 0 Å². The van der Waals surface area contributed by atoms with E-state index in [4.69, 9.17) is 9.26 Å². The molecule has 0 aliphatic carbocycles. The van der Waals surface area contributed by atoms with Crippen molar-refractivity contribution in [3.05, 3.63) is 47.3 Å². The molecule has 0 saturated carbocycles. The van der Waals surface area contributed by atoms with Crippen molar-refractivity contribution >= 4 is 15.8 Å². The van der Waals surface area contributed by atoms with Crippen molar-refractivity contribution in [2.75, 3.05) is 6.26 Å². The Morgan fingerprint density at radius 1 is 1.35 bits per heavy atom. The Morgan fingerprint density at radius 2 is 2.10 bits per heavy atom. The molecule has 0 aliphatic rings. The quantitative estimate of drug-likeness (QED) is 0.799. The Kier molecular flexibility index (Phi) is 3.89. The third kappa shape index (κ3) is 3.45.